The van der Waals surface area contributed by atoms with Gasteiger partial charge in [-0.25, -0.2) is 8.78 Å². The molecule has 2 atom stereocenters. The molecule has 1 aromatic rings. The number of nitrogens with one attached hydrogen (secondary N) is 1. The lowest BCUT2D eigenvalue weighted by Gasteiger charge is -2.39. The molecule has 3 N–H and O–H groups in total. The van der Waals surface area contributed by atoms with E-state index in [1.54, 1.807) is 0 Å². The first-order valence-corrected chi connectivity index (χ1v) is 7.29. The number of hydrogen-bond donors (Lipinski definition) is 2. The zero-order chi connectivity index (χ0) is 15.4. The van der Waals surface area contributed by atoms with Crippen molar-refractivity contribution in [1.29, 1.82) is 0 Å². The highest BCUT2D eigenvalue weighted by atomic mass is 19.1. The van der Waals surface area contributed by atoms with E-state index < -0.39 is 11.6 Å². The molecule has 1 heterocycles. The number of benzene rings is 1. The molecule has 6 heteroatoms. The molecule has 1 saturated heterocycles. The van der Waals surface area contributed by atoms with Crippen LogP contribution in [0.4, 0.5) is 8.78 Å². The van der Waals surface area contributed by atoms with Crippen LogP contribution in [-0.2, 0) is 6.42 Å². The van der Waals surface area contributed by atoms with Crippen molar-refractivity contribution in [3.8, 4) is 0 Å². The maximum atomic E-state index is 13.7. The van der Waals surface area contributed by atoms with Gasteiger partial charge in [-0.1, -0.05) is 6.07 Å². The molecular formula is C15H24F2N4. The summed E-state index contributed by atoms with van der Waals surface area (Å²) in [4.78, 5) is 4.55. The van der Waals surface area contributed by atoms with Gasteiger partial charge in [0.15, 0.2) is 0 Å². The summed E-state index contributed by atoms with van der Waals surface area (Å²) < 4.78 is 27.5. The number of rotatable bonds is 5. The second-order valence-electron chi connectivity index (χ2n) is 5.90. The highest BCUT2D eigenvalue weighted by molar-refractivity contribution is 5.20. The minimum Gasteiger partial charge on any atom is -0.304 e. The molecule has 0 spiro atoms. The second kappa shape index (κ2) is 7.26. The van der Waals surface area contributed by atoms with Crippen LogP contribution in [0.15, 0.2) is 18.2 Å². The summed E-state index contributed by atoms with van der Waals surface area (Å²) in [6, 6.07) is 4.12. The Morgan fingerprint density at radius 1 is 1.29 bits per heavy atom. The Balaban J connectivity index is 2.03. The third-order valence-electron chi connectivity index (χ3n) is 4.28. The fraction of sp³-hybridized carbons (Fsp3) is 0.600. The van der Waals surface area contributed by atoms with Crippen LogP contribution in [0.3, 0.4) is 0 Å². The highest BCUT2D eigenvalue weighted by Crippen LogP contribution is 2.18. The van der Waals surface area contributed by atoms with Gasteiger partial charge in [-0.2, -0.15) is 0 Å². The molecule has 1 aromatic carbocycles. The quantitative estimate of drug-likeness (QED) is 0.628. The number of nitrogens with two attached hydrogens (primary N) is 1. The van der Waals surface area contributed by atoms with Crippen molar-refractivity contribution in [1.82, 2.24) is 15.2 Å². The molecule has 0 bridgehead atoms. The molecule has 0 aromatic heterocycles. The number of hydrogen-bond acceptors (Lipinski definition) is 4. The van der Waals surface area contributed by atoms with Crippen LogP contribution < -0.4 is 11.3 Å². The van der Waals surface area contributed by atoms with Crippen molar-refractivity contribution in [2.75, 3.05) is 33.7 Å². The van der Waals surface area contributed by atoms with Crippen molar-refractivity contribution >= 4 is 0 Å². The van der Waals surface area contributed by atoms with E-state index >= 15 is 0 Å². The van der Waals surface area contributed by atoms with Gasteiger partial charge in [0, 0.05) is 37.3 Å². The molecule has 21 heavy (non-hydrogen) atoms. The molecule has 0 aliphatic carbocycles. The highest BCUT2D eigenvalue weighted by Gasteiger charge is 2.26. The lowest BCUT2D eigenvalue weighted by molar-refractivity contribution is 0.101. The number of nitrogens with zero attached hydrogens (tertiary/aromatic N) is 2. The van der Waals surface area contributed by atoms with Gasteiger partial charge in [0.2, 0.25) is 0 Å². The number of hydrazine groups is 1. The van der Waals surface area contributed by atoms with Gasteiger partial charge >= 0.3 is 0 Å². The van der Waals surface area contributed by atoms with Crippen molar-refractivity contribution < 1.29 is 8.78 Å². The first-order chi connectivity index (χ1) is 10.0. The molecule has 0 amide bonds. The summed E-state index contributed by atoms with van der Waals surface area (Å²) in [5.41, 5.74) is 2.81. The van der Waals surface area contributed by atoms with Crippen LogP contribution >= 0.6 is 0 Å². The summed E-state index contributed by atoms with van der Waals surface area (Å²) in [6.45, 7) is 2.97. The zero-order valence-electron chi connectivity index (χ0n) is 12.6. The van der Waals surface area contributed by atoms with Crippen molar-refractivity contribution in [3.63, 3.8) is 0 Å². The Bertz CT molecular complexity index is 449. The van der Waals surface area contributed by atoms with Gasteiger partial charge in [-0.05, 0) is 39.1 Å². The topological polar surface area (TPSA) is 44.5 Å². The Morgan fingerprint density at radius 3 is 2.57 bits per heavy atom. The van der Waals surface area contributed by atoms with Gasteiger partial charge in [-0.3, -0.25) is 11.3 Å². The third-order valence-corrected chi connectivity index (χ3v) is 4.28. The zero-order valence-corrected chi connectivity index (χ0v) is 12.6. The summed E-state index contributed by atoms with van der Waals surface area (Å²) >= 11 is 0. The van der Waals surface area contributed by atoms with Gasteiger partial charge in [0.1, 0.15) is 11.6 Å². The minimum absolute atomic E-state index is 0.104. The average molecular weight is 298 g/mol. The van der Waals surface area contributed by atoms with Gasteiger partial charge < -0.3 is 9.80 Å². The Kier molecular flexibility index (Phi) is 5.64. The lowest BCUT2D eigenvalue weighted by Crippen LogP contribution is -2.53. The number of piperazine rings is 1. The van der Waals surface area contributed by atoms with Crippen molar-refractivity contribution in [2.45, 2.75) is 24.9 Å². The predicted octanol–water partition coefficient (Wildman–Crippen LogP) is 0.975. The van der Waals surface area contributed by atoms with E-state index in [4.69, 9.17) is 5.84 Å². The smallest absolute Gasteiger partial charge is 0.129 e. The van der Waals surface area contributed by atoms with Crippen LogP contribution in [0.2, 0.25) is 0 Å². The van der Waals surface area contributed by atoms with E-state index in [0.717, 1.165) is 26.1 Å². The molecule has 1 aliphatic heterocycles. The van der Waals surface area contributed by atoms with Crippen LogP contribution in [0, 0.1) is 11.6 Å². The van der Waals surface area contributed by atoms with E-state index in [0.29, 0.717) is 6.04 Å². The molecular weight excluding hydrogens is 274 g/mol. The van der Waals surface area contributed by atoms with E-state index in [9.17, 15) is 8.78 Å². The molecule has 1 fully saturated rings. The predicted molar refractivity (Wildman–Crippen MR) is 79.7 cm³/mol. The maximum Gasteiger partial charge on any atom is 0.129 e. The SMILES string of the molecule is CN1CCN(C)C(CC(Cc2c(F)cccc2F)NN)C1. The van der Waals surface area contributed by atoms with Gasteiger partial charge in [0.05, 0.1) is 0 Å². The van der Waals surface area contributed by atoms with Crippen LogP contribution in [0.25, 0.3) is 0 Å². The molecule has 4 nitrogen and oxygen atoms in total. The fourth-order valence-electron chi connectivity index (χ4n) is 2.87. The summed E-state index contributed by atoms with van der Waals surface area (Å²) in [5.74, 6) is 4.57. The maximum absolute atomic E-state index is 13.7. The first kappa shape index (κ1) is 16.3. The Hall–Kier alpha value is -1.08. The molecule has 2 rings (SSSR count). The normalized spacial score (nSPS) is 22.4. The van der Waals surface area contributed by atoms with Gasteiger partial charge in [-0.15, -0.1) is 0 Å². The standard InChI is InChI=1S/C15H24F2N4/c1-20-6-7-21(2)12(10-20)8-11(19-18)9-13-14(16)4-3-5-15(13)17/h3-5,11-12,19H,6-10,18H2,1-2H3. The average Bonchev–Trinajstić information content (AvgIpc) is 2.45. The van der Waals surface area contributed by atoms with Crippen LogP contribution in [0.1, 0.15) is 12.0 Å². The van der Waals surface area contributed by atoms with E-state index in [-0.39, 0.29) is 18.0 Å². The minimum atomic E-state index is -0.510. The number of likely N-dealkylation sites (N-methyl/N-ethyl adjacent to an activating group) is 2. The summed E-state index contributed by atoms with van der Waals surface area (Å²) in [6.07, 6.45) is 1.01. The summed E-state index contributed by atoms with van der Waals surface area (Å²) in [7, 11) is 4.16. The van der Waals surface area contributed by atoms with Gasteiger partial charge in [0.25, 0.3) is 0 Å². The lowest BCUT2D eigenvalue weighted by atomic mass is 9.97. The fourth-order valence-corrected chi connectivity index (χ4v) is 2.87. The third kappa shape index (κ3) is 4.20. The van der Waals surface area contributed by atoms with Crippen molar-refractivity contribution in [3.05, 3.63) is 35.4 Å². The Morgan fingerprint density at radius 2 is 1.95 bits per heavy atom. The summed E-state index contributed by atoms with van der Waals surface area (Å²) in [5, 5.41) is 0. The molecule has 0 radical (unpaired) electrons. The number of halogens is 2. The monoisotopic (exact) mass is 298 g/mol. The first-order valence-electron chi connectivity index (χ1n) is 7.29. The van der Waals surface area contributed by atoms with E-state index in [2.05, 4.69) is 29.3 Å². The van der Waals surface area contributed by atoms with Crippen molar-refractivity contribution in [2.24, 2.45) is 5.84 Å². The largest absolute Gasteiger partial charge is 0.304 e. The second-order valence-corrected chi connectivity index (χ2v) is 5.90. The molecule has 1 aliphatic rings. The van der Waals surface area contributed by atoms with E-state index in [1.165, 1.54) is 18.2 Å². The van der Waals surface area contributed by atoms with E-state index in [1.807, 2.05) is 0 Å². The molecule has 0 saturated carbocycles. The van der Waals surface area contributed by atoms with Crippen LogP contribution in [0.5, 0.6) is 0 Å². The molecule has 2 unspecified atom stereocenters. The Labute approximate surface area is 124 Å². The molecule has 118 valence electrons. The van der Waals surface area contributed by atoms with Crippen LogP contribution in [-0.4, -0.2) is 55.6 Å².